The van der Waals surface area contributed by atoms with Crippen LogP contribution in [0.1, 0.15) is 46.5 Å². The highest BCUT2D eigenvalue weighted by Gasteiger charge is 2.64. The van der Waals surface area contributed by atoms with Crippen molar-refractivity contribution in [2.24, 2.45) is 5.92 Å². The predicted octanol–water partition coefficient (Wildman–Crippen LogP) is 1.71. The van der Waals surface area contributed by atoms with Crippen molar-refractivity contribution in [3.63, 3.8) is 0 Å². The molecule has 3 atom stereocenters. The zero-order valence-corrected chi connectivity index (χ0v) is 12.1. The van der Waals surface area contributed by atoms with Crippen molar-refractivity contribution >= 4 is 11.9 Å². The van der Waals surface area contributed by atoms with Crippen LogP contribution in [0.25, 0.3) is 0 Å². The zero-order valence-electron chi connectivity index (χ0n) is 12.1. The van der Waals surface area contributed by atoms with Crippen LogP contribution in [0.3, 0.4) is 0 Å². The number of rotatable bonds is 6. The Morgan fingerprint density at radius 2 is 2.10 bits per heavy atom. The summed E-state index contributed by atoms with van der Waals surface area (Å²) in [6.45, 7) is 4.74. The number of carbonyl (C=O) groups is 2. The molecule has 2 unspecified atom stereocenters. The minimum atomic E-state index is -1.79. The summed E-state index contributed by atoms with van der Waals surface area (Å²) >= 11 is 0. The average Bonchev–Trinajstić information content (AvgIpc) is 2.81. The van der Waals surface area contributed by atoms with Crippen LogP contribution in [-0.4, -0.2) is 35.1 Å². The van der Waals surface area contributed by atoms with Crippen LogP contribution in [0.4, 0.5) is 0 Å². The molecule has 0 aliphatic heterocycles. The topological polar surface area (TPSA) is 95.7 Å². The molecular formula is C13H21NO6. The molecule has 0 aromatic rings. The lowest BCUT2D eigenvalue weighted by molar-refractivity contribution is -0.564. The van der Waals surface area contributed by atoms with Gasteiger partial charge in [-0.15, -0.1) is 0 Å². The van der Waals surface area contributed by atoms with E-state index in [1.807, 2.05) is 0 Å². The lowest BCUT2D eigenvalue weighted by Crippen LogP contribution is -2.54. The molecular weight excluding hydrogens is 266 g/mol. The van der Waals surface area contributed by atoms with E-state index in [9.17, 15) is 19.7 Å². The number of nitro groups is 1. The molecule has 0 spiro atoms. The van der Waals surface area contributed by atoms with E-state index in [2.05, 4.69) is 0 Å². The molecule has 7 nitrogen and oxygen atoms in total. The van der Waals surface area contributed by atoms with E-state index < -0.39 is 34.4 Å². The van der Waals surface area contributed by atoms with Gasteiger partial charge in [-0.2, -0.15) is 0 Å². The first-order valence-electron chi connectivity index (χ1n) is 6.89. The molecule has 0 aromatic heterocycles. The summed E-state index contributed by atoms with van der Waals surface area (Å²) in [4.78, 5) is 34.2. The third-order valence-electron chi connectivity index (χ3n) is 3.81. The Morgan fingerprint density at radius 1 is 1.45 bits per heavy atom. The van der Waals surface area contributed by atoms with E-state index in [1.54, 1.807) is 13.8 Å². The van der Waals surface area contributed by atoms with Crippen molar-refractivity contribution in [1.29, 1.82) is 0 Å². The highest BCUT2D eigenvalue weighted by molar-refractivity contribution is 5.80. The Bertz CT molecular complexity index is 396. The van der Waals surface area contributed by atoms with Gasteiger partial charge in [-0.25, -0.2) is 4.79 Å². The lowest BCUT2D eigenvalue weighted by atomic mass is 9.82. The van der Waals surface area contributed by atoms with E-state index in [0.29, 0.717) is 19.3 Å². The smallest absolute Gasteiger partial charge is 0.385 e. The van der Waals surface area contributed by atoms with Gasteiger partial charge in [-0.3, -0.25) is 14.9 Å². The van der Waals surface area contributed by atoms with E-state index in [-0.39, 0.29) is 13.0 Å². The molecule has 0 saturated heterocycles. The van der Waals surface area contributed by atoms with Crippen molar-refractivity contribution in [3.8, 4) is 0 Å². The van der Waals surface area contributed by atoms with E-state index in [4.69, 9.17) is 9.47 Å². The Balaban J connectivity index is 3.11. The van der Waals surface area contributed by atoms with Gasteiger partial charge in [0.1, 0.15) is 6.10 Å². The number of ether oxygens (including phenoxy) is 2. The number of esters is 2. The van der Waals surface area contributed by atoms with Crippen LogP contribution in [0.2, 0.25) is 0 Å². The molecule has 0 aromatic carbocycles. The number of hydrogen-bond acceptors (Lipinski definition) is 6. The van der Waals surface area contributed by atoms with Crippen LogP contribution in [0.5, 0.6) is 0 Å². The highest BCUT2D eigenvalue weighted by atomic mass is 16.6. The molecule has 7 heteroatoms. The van der Waals surface area contributed by atoms with Crippen molar-refractivity contribution < 1.29 is 24.0 Å². The summed E-state index contributed by atoms with van der Waals surface area (Å²) in [6, 6.07) is 0. The Hall–Kier alpha value is -1.66. The van der Waals surface area contributed by atoms with Gasteiger partial charge in [-0.1, -0.05) is 6.92 Å². The summed E-state index contributed by atoms with van der Waals surface area (Å²) in [5.74, 6) is -1.95. The first-order valence-corrected chi connectivity index (χ1v) is 6.89. The molecule has 1 saturated carbocycles. The molecule has 114 valence electrons. The normalized spacial score (nSPS) is 26.9. The Labute approximate surface area is 117 Å². The van der Waals surface area contributed by atoms with Crippen molar-refractivity contribution in [1.82, 2.24) is 0 Å². The van der Waals surface area contributed by atoms with Gasteiger partial charge >= 0.3 is 17.5 Å². The van der Waals surface area contributed by atoms with Gasteiger partial charge in [0, 0.05) is 18.3 Å². The van der Waals surface area contributed by atoms with Gasteiger partial charge in [0.2, 0.25) is 0 Å². The number of nitrogens with zero attached hydrogens (tertiary/aromatic N) is 1. The average molecular weight is 287 g/mol. The molecule has 1 aliphatic rings. The largest absolute Gasteiger partial charge is 0.462 e. The van der Waals surface area contributed by atoms with Crippen LogP contribution in [0.15, 0.2) is 0 Å². The van der Waals surface area contributed by atoms with Crippen molar-refractivity contribution in [2.45, 2.75) is 58.1 Å². The summed E-state index contributed by atoms with van der Waals surface area (Å²) in [6.07, 6.45) is 0.943. The summed E-state index contributed by atoms with van der Waals surface area (Å²) in [7, 11) is 0. The second-order valence-corrected chi connectivity index (χ2v) is 4.96. The maximum Gasteiger partial charge on any atom is 0.385 e. The van der Waals surface area contributed by atoms with Crippen molar-refractivity contribution in [3.05, 3.63) is 10.1 Å². The maximum atomic E-state index is 12.1. The standard InChI is InChI=1S/C13H21NO6/c1-4-11(20-9(3)15)10-7-6-8-13(10,14(17)18)12(16)19-5-2/h10-11H,4-8H2,1-3H3/t10?,11?,13-/m0/s1. The van der Waals surface area contributed by atoms with Crippen LogP contribution in [-0.2, 0) is 19.1 Å². The van der Waals surface area contributed by atoms with E-state index >= 15 is 0 Å². The first-order chi connectivity index (χ1) is 9.40. The van der Waals surface area contributed by atoms with Crippen LogP contribution >= 0.6 is 0 Å². The third kappa shape index (κ3) is 2.91. The van der Waals surface area contributed by atoms with Crippen molar-refractivity contribution in [2.75, 3.05) is 6.61 Å². The fourth-order valence-electron chi connectivity index (χ4n) is 2.98. The Kier molecular flexibility index (Phi) is 5.47. The first kappa shape index (κ1) is 16.4. The van der Waals surface area contributed by atoms with Gasteiger partial charge < -0.3 is 9.47 Å². The quantitative estimate of drug-likeness (QED) is 0.419. The van der Waals surface area contributed by atoms with E-state index in [1.165, 1.54) is 6.92 Å². The third-order valence-corrected chi connectivity index (χ3v) is 3.81. The summed E-state index contributed by atoms with van der Waals surface area (Å²) in [5, 5.41) is 11.5. The van der Waals surface area contributed by atoms with Crippen LogP contribution in [0, 0.1) is 16.0 Å². The molecule has 1 rings (SSSR count). The van der Waals surface area contributed by atoms with Gasteiger partial charge in [0.25, 0.3) is 0 Å². The number of carbonyl (C=O) groups excluding carboxylic acids is 2. The fraction of sp³-hybridized carbons (Fsp3) is 0.846. The molecule has 0 bridgehead atoms. The summed E-state index contributed by atoms with van der Waals surface area (Å²) in [5.41, 5.74) is -1.79. The SMILES string of the molecule is CCOC(=O)[C@]1([N+](=O)[O-])CCCC1C(CC)OC(C)=O. The minimum absolute atomic E-state index is 0.0888. The molecule has 0 N–H and O–H groups in total. The maximum absolute atomic E-state index is 12.1. The molecule has 0 heterocycles. The monoisotopic (exact) mass is 287 g/mol. The highest BCUT2D eigenvalue weighted by Crippen LogP contribution is 2.43. The predicted molar refractivity (Wildman–Crippen MR) is 69.5 cm³/mol. The van der Waals surface area contributed by atoms with Crippen LogP contribution < -0.4 is 0 Å². The van der Waals surface area contributed by atoms with Gasteiger partial charge in [0.05, 0.1) is 12.5 Å². The number of hydrogen-bond donors (Lipinski definition) is 0. The molecule has 1 aliphatic carbocycles. The molecule has 0 radical (unpaired) electrons. The lowest BCUT2D eigenvalue weighted by Gasteiger charge is -2.30. The summed E-state index contributed by atoms with van der Waals surface area (Å²) < 4.78 is 10.1. The minimum Gasteiger partial charge on any atom is -0.462 e. The van der Waals surface area contributed by atoms with E-state index in [0.717, 1.165) is 0 Å². The zero-order chi connectivity index (χ0) is 15.3. The van der Waals surface area contributed by atoms with Gasteiger partial charge in [-0.05, 0) is 26.2 Å². The van der Waals surface area contributed by atoms with Gasteiger partial charge in [0.15, 0.2) is 0 Å². The Morgan fingerprint density at radius 3 is 2.55 bits per heavy atom. The second-order valence-electron chi connectivity index (χ2n) is 4.96. The molecule has 20 heavy (non-hydrogen) atoms. The molecule has 1 fully saturated rings. The fourth-order valence-corrected chi connectivity index (χ4v) is 2.98. The second kappa shape index (κ2) is 6.67. The molecule has 0 amide bonds.